The van der Waals surface area contributed by atoms with E-state index in [-0.39, 0.29) is 11.2 Å². The zero-order valence-electron chi connectivity index (χ0n) is 11.5. The molecule has 1 aromatic heterocycles. The Kier molecular flexibility index (Phi) is 2.72. The Labute approximate surface area is 106 Å². The molecule has 0 atom stereocenters. The minimum atomic E-state index is -0.494. The lowest BCUT2D eigenvalue weighted by Crippen LogP contribution is -2.21. The van der Waals surface area contributed by atoms with Gasteiger partial charge in [0, 0.05) is 14.0 Å². The van der Waals surface area contributed by atoms with Crippen molar-refractivity contribution in [3.63, 3.8) is 0 Å². The molecule has 1 aromatic carbocycles. The van der Waals surface area contributed by atoms with Crippen LogP contribution in [0.4, 0.5) is 5.69 Å². The third kappa shape index (κ3) is 1.95. The van der Waals surface area contributed by atoms with Crippen LogP contribution in [0.25, 0.3) is 5.69 Å². The van der Waals surface area contributed by atoms with Crippen molar-refractivity contribution in [3.05, 3.63) is 46.4 Å². The second kappa shape index (κ2) is 4.52. The van der Waals surface area contributed by atoms with Crippen LogP contribution in [0.2, 0.25) is 1.41 Å². The minimum absolute atomic E-state index is 0.0823. The SMILES string of the molecule is [2H]N(C(C)=O)c1c(C)n(C)n(-c2ccccc2)c1=O. The molecule has 5 nitrogen and oxygen atoms in total. The molecule has 0 aliphatic rings. The minimum Gasteiger partial charge on any atom is -0.320 e. The summed E-state index contributed by atoms with van der Waals surface area (Å²) in [7, 11) is 1.72. The van der Waals surface area contributed by atoms with Crippen LogP contribution in [-0.4, -0.2) is 15.3 Å². The highest BCUT2D eigenvalue weighted by atomic mass is 16.2. The molecule has 0 bridgehead atoms. The highest BCUT2D eigenvalue weighted by molar-refractivity contribution is 5.89. The summed E-state index contributed by atoms with van der Waals surface area (Å²) >= 11 is 0. The number of benzene rings is 1. The van der Waals surface area contributed by atoms with Crippen molar-refractivity contribution in [2.75, 3.05) is 5.31 Å². The summed E-state index contributed by atoms with van der Waals surface area (Å²) in [6.45, 7) is 2.96. The molecule has 2 rings (SSSR count). The first-order chi connectivity index (χ1) is 8.95. The van der Waals surface area contributed by atoms with Crippen LogP contribution in [0.5, 0.6) is 0 Å². The van der Waals surface area contributed by atoms with Crippen molar-refractivity contribution in [3.8, 4) is 5.69 Å². The van der Waals surface area contributed by atoms with E-state index in [9.17, 15) is 9.59 Å². The van der Waals surface area contributed by atoms with Gasteiger partial charge < -0.3 is 5.31 Å². The van der Waals surface area contributed by atoms with Crippen molar-refractivity contribution in [2.45, 2.75) is 13.8 Å². The van der Waals surface area contributed by atoms with E-state index in [1.54, 1.807) is 30.8 Å². The Bertz CT molecular complexity index is 673. The maximum absolute atomic E-state index is 12.4. The van der Waals surface area contributed by atoms with Gasteiger partial charge in [0.05, 0.1) is 11.4 Å². The van der Waals surface area contributed by atoms with Crippen LogP contribution < -0.4 is 10.9 Å². The topological polar surface area (TPSA) is 56.0 Å². The van der Waals surface area contributed by atoms with E-state index >= 15 is 0 Å². The van der Waals surface area contributed by atoms with Crippen molar-refractivity contribution in [1.82, 2.24) is 9.36 Å². The van der Waals surface area contributed by atoms with Gasteiger partial charge in [-0.3, -0.25) is 14.3 Å². The predicted molar refractivity (Wildman–Crippen MR) is 70.1 cm³/mol. The fraction of sp³-hybridized carbons (Fsp3) is 0.231. The summed E-state index contributed by atoms with van der Waals surface area (Å²) in [5, 5.41) is 0.636. The number of aromatic nitrogens is 2. The third-order valence-corrected chi connectivity index (χ3v) is 2.79. The molecule has 94 valence electrons. The van der Waals surface area contributed by atoms with E-state index in [0.29, 0.717) is 16.7 Å². The Balaban J connectivity index is 2.70. The summed E-state index contributed by atoms with van der Waals surface area (Å²) in [5.41, 5.74) is 0.968. The molecule has 0 saturated heterocycles. The van der Waals surface area contributed by atoms with Crippen LogP contribution >= 0.6 is 0 Å². The smallest absolute Gasteiger partial charge is 0.295 e. The molecule has 0 aliphatic carbocycles. The fourth-order valence-corrected chi connectivity index (χ4v) is 1.84. The first kappa shape index (κ1) is 10.8. The molecule has 5 heteroatoms. The average molecular weight is 246 g/mol. The van der Waals surface area contributed by atoms with Crippen LogP contribution in [0.15, 0.2) is 35.1 Å². The monoisotopic (exact) mass is 246 g/mol. The molecule has 1 N–H and O–H groups in total. The summed E-state index contributed by atoms with van der Waals surface area (Å²) in [4.78, 5) is 23.7. The average Bonchev–Trinajstić information content (AvgIpc) is 2.61. The number of anilines is 1. The zero-order chi connectivity index (χ0) is 14.2. The second-order valence-electron chi connectivity index (χ2n) is 4.04. The molecule has 1 amide bonds. The lowest BCUT2D eigenvalue weighted by molar-refractivity contribution is -0.114. The Hall–Kier alpha value is -2.30. The predicted octanol–water partition coefficient (Wildman–Crippen LogP) is 1.44. The maximum Gasteiger partial charge on any atom is 0.295 e. The number of amides is 1. The summed E-state index contributed by atoms with van der Waals surface area (Å²) in [6.07, 6.45) is 0. The van der Waals surface area contributed by atoms with Gasteiger partial charge in [0.2, 0.25) is 5.91 Å². The standard InChI is InChI=1S/C13H15N3O2/c1-9-12(14-10(2)17)13(18)16(15(9)3)11-7-5-4-6-8-11/h4-8H,1-3H3,(H,14,17)/i/hD. The van der Waals surface area contributed by atoms with Gasteiger partial charge in [-0.1, -0.05) is 18.2 Å². The maximum atomic E-state index is 12.4. The second-order valence-corrected chi connectivity index (χ2v) is 4.04. The first-order valence-corrected chi connectivity index (χ1v) is 5.58. The van der Waals surface area contributed by atoms with E-state index in [2.05, 4.69) is 0 Å². The van der Waals surface area contributed by atoms with Crippen molar-refractivity contribution >= 4 is 11.6 Å². The van der Waals surface area contributed by atoms with Gasteiger partial charge in [-0.15, -0.1) is 0 Å². The van der Waals surface area contributed by atoms with Crippen molar-refractivity contribution in [2.24, 2.45) is 7.05 Å². The van der Waals surface area contributed by atoms with E-state index in [1.807, 2.05) is 18.2 Å². The van der Waals surface area contributed by atoms with E-state index in [1.165, 1.54) is 11.6 Å². The number of carbonyl (C=O) groups excluding carboxylic acids is 1. The fourth-order valence-electron chi connectivity index (χ4n) is 1.84. The molecule has 1 heterocycles. The lowest BCUT2D eigenvalue weighted by Gasteiger charge is -2.07. The van der Waals surface area contributed by atoms with Crippen LogP contribution in [-0.2, 0) is 11.8 Å². The van der Waals surface area contributed by atoms with E-state index < -0.39 is 5.91 Å². The van der Waals surface area contributed by atoms with Gasteiger partial charge in [0.25, 0.3) is 5.56 Å². The number of nitrogens with one attached hydrogen (secondary N) is 1. The van der Waals surface area contributed by atoms with Gasteiger partial charge >= 0.3 is 0 Å². The largest absolute Gasteiger partial charge is 0.320 e. The highest BCUT2D eigenvalue weighted by Crippen LogP contribution is 2.13. The van der Waals surface area contributed by atoms with Gasteiger partial charge in [-0.25, -0.2) is 4.68 Å². The lowest BCUT2D eigenvalue weighted by atomic mass is 10.3. The van der Waals surface area contributed by atoms with Gasteiger partial charge in [-0.2, -0.15) is 0 Å². The third-order valence-electron chi connectivity index (χ3n) is 2.79. The van der Waals surface area contributed by atoms with Crippen molar-refractivity contribution in [1.29, 1.82) is 0 Å². The van der Waals surface area contributed by atoms with Gasteiger partial charge in [-0.05, 0) is 19.1 Å². The number of para-hydroxylation sites is 1. The summed E-state index contributed by atoms with van der Waals surface area (Å²) in [5.74, 6) is -0.494. The number of hydrogen-bond donors (Lipinski definition) is 1. The molecular weight excluding hydrogens is 230 g/mol. The van der Waals surface area contributed by atoms with Crippen LogP contribution in [0, 0.1) is 6.92 Å². The summed E-state index contributed by atoms with van der Waals surface area (Å²) < 4.78 is 10.8. The number of hydrogen-bond acceptors (Lipinski definition) is 2. The molecule has 2 aromatic rings. The molecule has 0 radical (unpaired) electrons. The molecule has 18 heavy (non-hydrogen) atoms. The number of nitrogens with zero attached hydrogens (tertiary/aromatic N) is 2. The summed E-state index contributed by atoms with van der Waals surface area (Å²) in [6, 6.07) is 9.11. The normalized spacial score (nSPS) is 11.2. The first-order valence-electron chi connectivity index (χ1n) is 6.03. The molecule has 0 unspecified atom stereocenters. The zero-order valence-corrected chi connectivity index (χ0v) is 10.5. The van der Waals surface area contributed by atoms with E-state index in [0.717, 1.165) is 0 Å². The van der Waals surface area contributed by atoms with Gasteiger partial charge in [0.15, 0.2) is 1.41 Å². The van der Waals surface area contributed by atoms with Crippen molar-refractivity contribution < 1.29 is 6.21 Å². The Morgan fingerprint density at radius 1 is 1.33 bits per heavy atom. The number of rotatable bonds is 2. The molecule has 0 fully saturated rings. The van der Waals surface area contributed by atoms with Gasteiger partial charge in [0.1, 0.15) is 5.69 Å². The van der Waals surface area contributed by atoms with E-state index in [4.69, 9.17) is 1.41 Å². The van der Waals surface area contributed by atoms with Crippen LogP contribution in [0.1, 0.15) is 12.6 Å². The number of carbonyl (C=O) groups is 1. The molecular formula is C13H15N3O2. The highest BCUT2D eigenvalue weighted by Gasteiger charge is 2.16. The van der Waals surface area contributed by atoms with Crippen LogP contribution in [0.3, 0.4) is 0 Å². The quantitative estimate of drug-likeness (QED) is 0.871. The molecule has 0 aliphatic heterocycles. The Morgan fingerprint density at radius 3 is 2.50 bits per heavy atom. The molecule has 0 spiro atoms. The Morgan fingerprint density at radius 2 is 1.94 bits per heavy atom. The molecule has 0 saturated carbocycles.